The molecule has 2 aliphatic heterocycles. The predicted molar refractivity (Wildman–Crippen MR) is 80.2 cm³/mol. The van der Waals surface area contributed by atoms with Crippen LogP contribution in [0.5, 0.6) is 5.75 Å². The third kappa shape index (κ3) is 2.57. The Morgan fingerprint density at radius 2 is 2.10 bits per heavy atom. The normalized spacial score (nSPS) is 29.0. The Balaban J connectivity index is 1.83. The molecule has 1 saturated heterocycles. The largest absolute Gasteiger partial charge is 0.487 e. The zero-order chi connectivity index (χ0) is 14.3. The number of hydrogen-bond acceptors (Lipinski definition) is 3. The van der Waals surface area contributed by atoms with Crippen molar-refractivity contribution in [1.29, 1.82) is 0 Å². The second kappa shape index (κ2) is 5.05. The number of benzene rings is 1. The Bertz CT molecular complexity index is 498. The molecule has 0 saturated carbocycles. The minimum Gasteiger partial charge on any atom is -0.487 e. The average Bonchev–Trinajstić information content (AvgIpc) is 2.91. The first kappa shape index (κ1) is 13.9. The molecule has 20 heavy (non-hydrogen) atoms. The Kier molecular flexibility index (Phi) is 3.51. The number of likely N-dealkylation sites (N-methyl/N-ethyl adjacent to an activating group) is 1. The summed E-state index contributed by atoms with van der Waals surface area (Å²) in [6.07, 6.45) is 3.93. The van der Waals surface area contributed by atoms with Crippen LogP contribution in [0, 0.1) is 0 Å². The fraction of sp³-hybridized carbons (Fsp3) is 0.647. The van der Waals surface area contributed by atoms with Gasteiger partial charge < -0.3 is 14.8 Å². The highest BCUT2D eigenvalue weighted by Crippen LogP contribution is 2.38. The molecule has 1 aromatic rings. The maximum Gasteiger partial charge on any atom is 0.123 e. The molecule has 3 heteroatoms. The lowest BCUT2D eigenvalue weighted by atomic mass is 9.95. The van der Waals surface area contributed by atoms with E-state index in [1.807, 2.05) is 7.05 Å². The van der Waals surface area contributed by atoms with E-state index in [9.17, 15) is 0 Å². The molecule has 0 radical (unpaired) electrons. The summed E-state index contributed by atoms with van der Waals surface area (Å²) in [5.41, 5.74) is 2.56. The van der Waals surface area contributed by atoms with E-state index in [1.165, 1.54) is 11.1 Å². The van der Waals surface area contributed by atoms with Gasteiger partial charge in [0.25, 0.3) is 0 Å². The minimum atomic E-state index is -0.0749. The fourth-order valence-electron chi connectivity index (χ4n) is 3.47. The van der Waals surface area contributed by atoms with Crippen molar-refractivity contribution in [1.82, 2.24) is 5.32 Å². The predicted octanol–water partition coefficient (Wildman–Crippen LogP) is 3.23. The third-order valence-electron chi connectivity index (χ3n) is 4.39. The number of fused-ring (bicyclic) bond motifs is 1. The molecular formula is C17H25NO2. The summed E-state index contributed by atoms with van der Waals surface area (Å²) in [6.45, 7) is 6.44. The van der Waals surface area contributed by atoms with Gasteiger partial charge in [0, 0.05) is 6.42 Å². The molecule has 3 unspecified atom stereocenters. The van der Waals surface area contributed by atoms with Gasteiger partial charge in [-0.25, -0.2) is 0 Å². The van der Waals surface area contributed by atoms with Gasteiger partial charge in [-0.2, -0.15) is 0 Å². The first-order valence-corrected chi connectivity index (χ1v) is 7.63. The second-order valence-corrected chi connectivity index (χ2v) is 6.73. The van der Waals surface area contributed by atoms with E-state index in [-0.39, 0.29) is 17.7 Å². The van der Waals surface area contributed by atoms with Crippen LogP contribution in [0.4, 0.5) is 0 Å². The molecule has 1 aromatic carbocycles. The fourth-order valence-corrected chi connectivity index (χ4v) is 3.47. The van der Waals surface area contributed by atoms with Gasteiger partial charge in [0.05, 0.1) is 18.2 Å². The molecule has 0 bridgehead atoms. The van der Waals surface area contributed by atoms with E-state index < -0.39 is 0 Å². The summed E-state index contributed by atoms with van der Waals surface area (Å²) in [5, 5.41) is 3.43. The van der Waals surface area contributed by atoms with Gasteiger partial charge in [-0.15, -0.1) is 0 Å². The second-order valence-electron chi connectivity index (χ2n) is 6.73. The van der Waals surface area contributed by atoms with Crippen LogP contribution < -0.4 is 10.1 Å². The average molecular weight is 275 g/mol. The topological polar surface area (TPSA) is 30.5 Å². The smallest absolute Gasteiger partial charge is 0.123 e. The van der Waals surface area contributed by atoms with Crippen LogP contribution >= 0.6 is 0 Å². The van der Waals surface area contributed by atoms with Crippen LogP contribution in [0.3, 0.4) is 0 Å². The molecule has 2 aliphatic rings. The molecule has 3 rings (SSSR count). The van der Waals surface area contributed by atoms with Crippen LogP contribution in [0.1, 0.15) is 50.8 Å². The Hall–Kier alpha value is -1.06. The van der Waals surface area contributed by atoms with Crippen molar-refractivity contribution in [3.63, 3.8) is 0 Å². The molecule has 3 nitrogen and oxygen atoms in total. The highest BCUT2D eigenvalue weighted by atomic mass is 16.5. The zero-order valence-electron chi connectivity index (χ0n) is 12.9. The summed E-state index contributed by atoms with van der Waals surface area (Å²) in [7, 11) is 2.02. The molecule has 0 aromatic heterocycles. The third-order valence-corrected chi connectivity index (χ3v) is 4.39. The van der Waals surface area contributed by atoms with Gasteiger partial charge >= 0.3 is 0 Å². The Morgan fingerprint density at radius 3 is 2.75 bits per heavy atom. The van der Waals surface area contributed by atoms with Crippen LogP contribution in [0.15, 0.2) is 18.2 Å². The van der Waals surface area contributed by atoms with E-state index in [2.05, 4.69) is 44.3 Å². The van der Waals surface area contributed by atoms with Crippen molar-refractivity contribution < 1.29 is 9.47 Å². The molecule has 0 spiro atoms. The van der Waals surface area contributed by atoms with E-state index in [0.717, 1.165) is 25.0 Å². The lowest BCUT2D eigenvalue weighted by Crippen LogP contribution is -2.29. The minimum absolute atomic E-state index is 0.0749. The SMILES string of the molecule is CNC(c1ccc2c(c1)CC(C)(C)O2)C1CCC(C)O1. The highest BCUT2D eigenvalue weighted by Gasteiger charge is 2.33. The van der Waals surface area contributed by atoms with Crippen molar-refractivity contribution in [2.75, 3.05) is 7.05 Å². The van der Waals surface area contributed by atoms with Gasteiger partial charge in [-0.1, -0.05) is 12.1 Å². The summed E-state index contributed by atoms with van der Waals surface area (Å²) < 4.78 is 12.0. The maximum atomic E-state index is 6.04. The van der Waals surface area contributed by atoms with E-state index in [4.69, 9.17) is 9.47 Å². The maximum absolute atomic E-state index is 6.04. The van der Waals surface area contributed by atoms with Crippen molar-refractivity contribution in [3.8, 4) is 5.75 Å². The number of rotatable bonds is 3. The summed E-state index contributed by atoms with van der Waals surface area (Å²) in [4.78, 5) is 0. The first-order valence-electron chi connectivity index (χ1n) is 7.63. The summed E-state index contributed by atoms with van der Waals surface area (Å²) in [5.74, 6) is 1.04. The van der Waals surface area contributed by atoms with Crippen LogP contribution in [0.2, 0.25) is 0 Å². The molecule has 1 fully saturated rings. The van der Waals surface area contributed by atoms with Gasteiger partial charge in [0.1, 0.15) is 11.4 Å². The lowest BCUT2D eigenvalue weighted by Gasteiger charge is -2.24. The summed E-state index contributed by atoms with van der Waals surface area (Å²) in [6, 6.07) is 6.85. The lowest BCUT2D eigenvalue weighted by molar-refractivity contribution is 0.0333. The first-order chi connectivity index (χ1) is 9.48. The quantitative estimate of drug-likeness (QED) is 0.918. The van der Waals surface area contributed by atoms with Gasteiger partial charge in [-0.05, 0) is 57.9 Å². The van der Waals surface area contributed by atoms with Crippen molar-refractivity contribution in [3.05, 3.63) is 29.3 Å². The van der Waals surface area contributed by atoms with Gasteiger partial charge in [0.15, 0.2) is 0 Å². The highest BCUT2D eigenvalue weighted by molar-refractivity contribution is 5.43. The van der Waals surface area contributed by atoms with Crippen LogP contribution in [0.25, 0.3) is 0 Å². The Morgan fingerprint density at radius 1 is 1.30 bits per heavy atom. The van der Waals surface area contributed by atoms with E-state index in [0.29, 0.717) is 6.10 Å². The standard InChI is InChI=1S/C17H25NO2/c1-11-5-7-15(19-11)16(18-4)12-6-8-14-13(9-12)10-17(2,3)20-14/h6,8-9,11,15-16,18H,5,7,10H2,1-4H3. The van der Waals surface area contributed by atoms with Crippen LogP contribution in [-0.4, -0.2) is 24.9 Å². The monoisotopic (exact) mass is 275 g/mol. The van der Waals surface area contributed by atoms with Crippen molar-refractivity contribution in [2.24, 2.45) is 0 Å². The van der Waals surface area contributed by atoms with Crippen LogP contribution in [-0.2, 0) is 11.2 Å². The Labute approximate surface area is 121 Å². The van der Waals surface area contributed by atoms with Crippen molar-refractivity contribution in [2.45, 2.75) is 63.9 Å². The number of hydrogen-bond donors (Lipinski definition) is 1. The molecule has 110 valence electrons. The zero-order valence-corrected chi connectivity index (χ0v) is 12.9. The molecule has 0 aliphatic carbocycles. The molecule has 3 atom stereocenters. The summed E-state index contributed by atoms with van der Waals surface area (Å²) >= 11 is 0. The van der Waals surface area contributed by atoms with E-state index >= 15 is 0 Å². The molecular weight excluding hydrogens is 250 g/mol. The van der Waals surface area contributed by atoms with Crippen molar-refractivity contribution >= 4 is 0 Å². The van der Waals surface area contributed by atoms with E-state index in [1.54, 1.807) is 0 Å². The molecule has 0 amide bonds. The molecule has 1 N–H and O–H groups in total. The number of nitrogens with one attached hydrogen (secondary N) is 1. The number of ether oxygens (including phenoxy) is 2. The van der Waals surface area contributed by atoms with Gasteiger partial charge in [-0.3, -0.25) is 0 Å². The molecule has 2 heterocycles. The van der Waals surface area contributed by atoms with Gasteiger partial charge in [0.2, 0.25) is 0 Å².